The fourth-order valence-electron chi connectivity index (χ4n) is 4.80. The van der Waals surface area contributed by atoms with Crippen LogP contribution < -0.4 is 0 Å². The average Bonchev–Trinajstić information content (AvgIpc) is 3.24. The Hall–Kier alpha value is -4.04. The van der Waals surface area contributed by atoms with E-state index in [1.807, 2.05) is 24.3 Å². The number of phenolic OH excluding ortho intramolecular Hbond substituents is 6. The Morgan fingerprint density at radius 2 is 1.05 bits per heavy atom. The second-order valence-corrected chi connectivity index (χ2v) is 11.0. The molecule has 4 aromatic carbocycles. The minimum Gasteiger partial charge on any atom is -0.504 e. The van der Waals surface area contributed by atoms with E-state index in [0.717, 1.165) is 11.1 Å². The number of fused-ring (bicyclic) bond motifs is 3. The van der Waals surface area contributed by atoms with Gasteiger partial charge in [0.05, 0.1) is 9.86 Å². The first kappa shape index (κ1) is 24.6. The minimum atomic E-state index is -0.898. The summed E-state index contributed by atoms with van der Waals surface area (Å²) in [5.41, 5.74) is 4.16. The number of rotatable bonds is 2. The van der Waals surface area contributed by atoms with Crippen LogP contribution in [0.4, 0.5) is 0 Å². The van der Waals surface area contributed by atoms with Crippen LogP contribution in [0.1, 0.15) is 31.9 Å². The largest absolute Gasteiger partial charge is 0.504 e. The number of halogens is 1. The monoisotopic (exact) mass is 563 g/mol. The fourth-order valence-corrected chi connectivity index (χ4v) is 5.18. The second kappa shape index (κ2) is 8.24. The molecule has 6 N–H and O–H groups in total. The number of phenols is 6. The normalized spacial score (nSPS) is 12.0. The number of nitrogens with zero attached hydrogens (tertiary/aromatic N) is 1. The molecule has 0 fully saturated rings. The lowest BCUT2D eigenvalue weighted by atomic mass is 9.86. The van der Waals surface area contributed by atoms with E-state index in [4.69, 9.17) is 0 Å². The summed E-state index contributed by atoms with van der Waals surface area (Å²) in [6.45, 7) is 8.11. The van der Waals surface area contributed by atoms with E-state index in [9.17, 15) is 30.6 Å². The van der Waals surface area contributed by atoms with E-state index in [0.29, 0.717) is 11.3 Å². The third kappa shape index (κ3) is 3.54. The van der Waals surface area contributed by atoms with Gasteiger partial charge in [0, 0.05) is 11.1 Å². The fraction of sp³-hybridized carbons (Fsp3) is 0.172. The summed E-state index contributed by atoms with van der Waals surface area (Å²) < 4.78 is 1.62. The van der Waals surface area contributed by atoms with Gasteiger partial charge in [-0.2, -0.15) is 0 Å². The van der Waals surface area contributed by atoms with Crippen molar-refractivity contribution in [3.63, 3.8) is 0 Å². The van der Waals surface area contributed by atoms with Gasteiger partial charge < -0.3 is 35.2 Å². The van der Waals surface area contributed by atoms with E-state index in [1.165, 1.54) is 10.1 Å². The summed E-state index contributed by atoms with van der Waals surface area (Å²) in [7, 11) is 0. The molecule has 0 spiro atoms. The molecule has 0 saturated carbocycles. The van der Waals surface area contributed by atoms with Crippen LogP contribution in [-0.2, 0) is 5.41 Å². The lowest BCUT2D eigenvalue weighted by Gasteiger charge is -2.19. The molecule has 37 heavy (non-hydrogen) atoms. The van der Waals surface area contributed by atoms with E-state index < -0.39 is 34.5 Å². The van der Waals surface area contributed by atoms with E-state index in [1.54, 1.807) is 19.1 Å². The molecule has 0 radical (unpaired) electrons. The highest BCUT2D eigenvalue weighted by Crippen LogP contribution is 2.56. The van der Waals surface area contributed by atoms with Crippen LogP contribution in [0.3, 0.4) is 0 Å². The molecule has 0 amide bonds. The lowest BCUT2D eigenvalue weighted by molar-refractivity contribution is 0.350. The van der Waals surface area contributed by atoms with Gasteiger partial charge in [-0.15, -0.1) is 0 Å². The van der Waals surface area contributed by atoms with Crippen molar-refractivity contribution in [3.05, 3.63) is 64.1 Å². The van der Waals surface area contributed by atoms with E-state index >= 15 is 0 Å². The molecule has 190 valence electrons. The first-order chi connectivity index (χ1) is 17.3. The van der Waals surface area contributed by atoms with E-state index in [2.05, 4.69) is 48.8 Å². The summed E-state index contributed by atoms with van der Waals surface area (Å²) in [4.78, 5) is 0. The van der Waals surface area contributed by atoms with Crippen molar-refractivity contribution in [2.24, 2.45) is 0 Å². The minimum absolute atomic E-state index is 0.0122. The molecule has 1 aromatic heterocycles. The van der Waals surface area contributed by atoms with Gasteiger partial charge in [-0.1, -0.05) is 57.2 Å². The summed E-state index contributed by atoms with van der Waals surface area (Å²) in [6, 6.07) is 15.6. The summed E-state index contributed by atoms with van der Waals surface area (Å²) in [5.74, 6) is -4.05. The Morgan fingerprint density at radius 1 is 0.595 bits per heavy atom. The molecule has 0 bridgehead atoms. The van der Waals surface area contributed by atoms with Crippen LogP contribution in [0.15, 0.2) is 53.0 Å². The van der Waals surface area contributed by atoms with Crippen LogP contribution in [0, 0.1) is 6.92 Å². The molecule has 0 unspecified atom stereocenters. The van der Waals surface area contributed by atoms with Crippen molar-refractivity contribution in [1.82, 2.24) is 4.57 Å². The zero-order chi connectivity index (χ0) is 27.0. The summed E-state index contributed by atoms with van der Waals surface area (Å²) in [6.07, 6.45) is 0. The predicted octanol–water partition coefficient (Wildman–Crippen LogP) is 7.05. The average molecular weight is 564 g/mol. The van der Waals surface area contributed by atoms with E-state index in [-0.39, 0.29) is 31.7 Å². The van der Waals surface area contributed by atoms with Crippen molar-refractivity contribution in [3.8, 4) is 51.3 Å². The maximum atomic E-state index is 11.0. The second-order valence-electron chi connectivity index (χ2n) is 10.2. The Morgan fingerprint density at radius 3 is 1.59 bits per heavy atom. The highest BCUT2D eigenvalue weighted by molar-refractivity contribution is 9.10. The van der Waals surface area contributed by atoms with Gasteiger partial charge in [0.25, 0.3) is 0 Å². The molecule has 7 nitrogen and oxygen atoms in total. The zero-order valence-electron chi connectivity index (χ0n) is 20.6. The van der Waals surface area contributed by atoms with Gasteiger partial charge >= 0.3 is 0 Å². The number of hydrogen-bond acceptors (Lipinski definition) is 6. The van der Waals surface area contributed by atoms with Crippen LogP contribution >= 0.6 is 15.9 Å². The molecule has 0 aliphatic heterocycles. The third-order valence-electron chi connectivity index (χ3n) is 6.88. The maximum absolute atomic E-state index is 11.0. The highest BCUT2D eigenvalue weighted by atomic mass is 79.9. The number of aryl methyl sites for hydroxylation is 1. The Bertz CT molecular complexity index is 1630. The third-order valence-corrected chi connectivity index (χ3v) is 7.85. The van der Waals surface area contributed by atoms with Crippen LogP contribution in [0.5, 0.6) is 34.5 Å². The molecule has 1 heterocycles. The number of aromatic hydroxyl groups is 6. The smallest absolute Gasteiger partial charge is 0.206 e. The van der Waals surface area contributed by atoms with Crippen molar-refractivity contribution in [2.45, 2.75) is 33.1 Å². The predicted molar refractivity (Wildman–Crippen MR) is 147 cm³/mol. The Balaban J connectivity index is 1.80. The zero-order valence-corrected chi connectivity index (χ0v) is 22.2. The van der Waals surface area contributed by atoms with Crippen molar-refractivity contribution in [1.29, 1.82) is 0 Å². The number of hydrogen-bond donors (Lipinski definition) is 6. The standard InChI is InChI=1S/C29H26BrNO6/c1-13-18-19-22(26(35)28(37)27(36)23(19)32)31(21(18)25(34)24(33)20(13)30)17-11-7-15(8-12-17)14-5-9-16(10-6-14)29(2,3)4/h5-12,32-37H,1-4H3. The quantitative estimate of drug-likeness (QED) is 0.101. The Labute approximate surface area is 221 Å². The number of benzene rings is 4. The molecule has 8 heteroatoms. The highest BCUT2D eigenvalue weighted by Gasteiger charge is 2.30. The molecular weight excluding hydrogens is 538 g/mol. The van der Waals surface area contributed by atoms with Crippen LogP contribution in [0.2, 0.25) is 0 Å². The van der Waals surface area contributed by atoms with Crippen LogP contribution in [-0.4, -0.2) is 35.2 Å². The molecule has 5 aromatic rings. The first-order valence-corrected chi connectivity index (χ1v) is 12.4. The molecule has 5 rings (SSSR count). The van der Waals surface area contributed by atoms with Gasteiger partial charge in [0.1, 0.15) is 11.0 Å². The summed E-state index contributed by atoms with van der Waals surface area (Å²) in [5, 5.41) is 64.0. The maximum Gasteiger partial charge on any atom is 0.206 e. The molecule has 0 saturated heterocycles. The number of aromatic nitrogens is 1. The molecule has 0 atom stereocenters. The van der Waals surface area contributed by atoms with Gasteiger partial charge in [-0.3, -0.25) is 0 Å². The topological polar surface area (TPSA) is 126 Å². The summed E-state index contributed by atoms with van der Waals surface area (Å²) >= 11 is 3.26. The lowest BCUT2D eigenvalue weighted by Crippen LogP contribution is -2.10. The molecule has 0 aliphatic rings. The van der Waals surface area contributed by atoms with Crippen molar-refractivity contribution in [2.75, 3.05) is 0 Å². The van der Waals surface area contributed by atoms with Gasteiger partial charge in [0.15, 0.2) is 23.0 Å². The van der Waals surface area contributed by atoms with Gasteiger partial charge in [0.2, 0.25) is 11.5 Å². The van der Waals surface area contributed by atoms with Gasteiger partial charge in [-0.25, -0.2) is 0 Å². The van der Waals surface area contributed by atoms with Crippen molar-refractivity contribution >= 4 is 37.7 Å². The van der Waals surface area contributed by atoms with Crippen molar-refractivity contribution < 1.29 is 30.6 Å². The van der Waals surface area contributed by atoms with Gasteiger partial charge in [-0.05, 0) is 62.7 Å². The SMILES string of the molecule is Cc1c(Br)c(O)c(O)c2c1c1c(O)c(O)c(O)c(O)c1n2-c1ccc(-c2ccc(C(C)(C)C)cc2)cc1. The molecular formula is C29H26BrNO6. The van der Waals surface area contributed by atoms with Crippen LogP contribution in [0.25, 0.3) is 38.6 Å². The Kier molecular flexibility index (Phi) is 5.49. The molecule has 0 aliphatic carbocycles. The first-order valence-electron chi connectivity index (χ1n) is 11.6.